The molecule has 154 valence electrons. The van der Waals surface area contributed by atoms with E-state index in [2.05, 4.69) is 51.2 Å². The number of benzene rings is 1. The molecule has 2 heterocycles. The molecular weight excluding hydrogens is 382 g/mol. The number of nitrogens with zero attached hydrogens (tertiary/aromatic N) is 1. The van der Waals surface area contributed by atoms with Gasteiger partial charge in [0, 0.05) is 30.6 Å². The normalized spacial score (nSPS) is 18.6. The van der Waals surface area contributed by atoms with Gasteiger partial charge in [0.1, 0.15) is 0 Å². The third kappa shape index (κ3) is 5.06. The Bertz CT molecular complexity index is 830. The highest BCUT2D eigenvalue weighted by molar-refractivity contribution is 7.10. The standard InChI is InChI=1S/C23H29N3O2S/c27-22(23(28)25-19-9-2-1-3-10-19)24-15-20(21-11-6-14-29-21)26-13-12-17-7-4-5-8-18(17)16-26/h4-8,11,14,19-20H,1-3,9-10,12-13,15-16H2,(H,24,27)(H,25,28)/t20-/m1/s1. The number of hydrogen-bond acceptors (Lipinski definition) is 4. The van der Waals surface area contributed by atoms with Crippen LogP contribution in [0.3, 0.4) is 0 Å². The fraction of sp³-hybridized carbons (Fsp3) is 0.478. The van der Waals surface area contributed by atoms with Gasteiger partial charge in [-0.3, -0.25) is 14.5 Å². The Morgan fingerprint density at radius 2 is 1.83 bits per heavy atom. The van der Waals surface area contributed by atoms with Crippen LogP contribution in [0.5, 0.6) is 0 Å². The van der Waals surface area contributed by atoms with E-state index >= 15 is 0 Å². The molecule has 0 saturated heterocycles. The number of carbonyl (C=O) groups is 2. The fourth-order valence-corrected chi connectivity index (χ4v) is 5.30. The SMILES string of the molecule is O=C(NC[C@H](c1cccs1)N1CCc2ccccc2C1)C(=O)NC1CCCCC1. The molecule has 1 saturated carbocycles. The molecule has 6 heteroatoms. The molecule has 0 spiro atoms. The predicted molar refractivity (Wildman–Crippen MR) is 116 cm³/mol. The van der Waals surface area contributed by atoms with Crippen LogP contribution in [-0.2, 0) is 22.6 Å². The fourth-order valence-electron chi connectivity index (χ4n) is 4.44. The van der Waals surface area contributed by atoms with Crippen molar-refractivity contribution in [3.63, 3.8) is 0 Å². The lowest BCUT2D eigenvalue weighted by Crippen LogP contribution is -2.47. The van der Waals surface area contributed by atoms with E-state index in [-0.39, 0.29) is 12.1 Å². The summed E-state index contributed by atoms with van der Waals surface area (Å²) in [5, 5.41) is 7.87. The Kier molecular flexibility index (Phi) is 6.62. The monoisotopic (exact) mass is 411 g/mol. The van der Waals surface area contributed by atoms with Gasteiger partial charge in [-0.05, 0) is 41.8 Å². The van der Waals surface area contributed by atoms with Crippen molar-refractivity contribution in [1.29, 1.82) is 0 Å². The van der Waals surface area contributed by atoms with Crippen molar-refractivity contribution in [2.45, 2.75) is 57.2 Å². The Morgan fingerprint density at radius 3 is 2.59 bits per heavy atom. The van der Waals surface area contributed by atoms with Gasteiger partial charge in [0.25, 0.3) is 0 Å². The molecule has 1 aliphatic heterocycles. The van der Waals surface area contributed by atoms with E-state index in [9.17, 15) is 9.59 Å². The van der Waals surface area contributed by atoms with E-state index in [1.807, 2.05) is 6.07 Å². The van der Waals surface area contributed by atoms with E-state index in [0.29, 0.717) is 6.54 Å². The number of carbonyl (C=O) groups excluding carboxylic acids is 2. The van der Waals surface area contributed by atoms with E-state index in [4.69, 9.17) is 0 Å². The van der Waals surface area contributed by atoms with E-state index in [1.54, 1.807) is 11.3 Å². The smallest absolute Gasteiger partial charge is 0.309 e. The van der Waals surface area contributed by atoms with Crippen LogP contribution >= 0.6 is 11.3 Å². The molecule has 1 atom stereocenters. The first-order valence-electron chi connectivity index (χ1n) is 10.6. The lowest BCUT2D eigenvalue weighted by molar-refractivity contribution is -0.139. The maximum absolute atomic E-state index is 12.4. The number of hydrogen-bond donors (Lipinski definition) is 2. The molecule has 2 amide bonds. The summed E-state index contributed by atoms with van der Waals surface area (Å²) in [6.07, 6.45) is 6.44. The largest absolute Gasteiger partial charge is 0.346 e. The zero-order valence-corrected chi connectivity index (χ0v) is 17.5. The Labute approximate surface area is 176 Å². The number of fused-ring (bicyclic) bond motifs is 1. The van der Waals surface area contributed by atoms with Crippen molar-refractivity contribution in [2.75, 3.05) is 13.1 Å². The number of amides is 2. The number of nitrogens with one attached hydrogen (secondary N) is 2. The van der Waals surface area contributed by atoms with Crippen molar-refractivity contribution >= 4 is 23.2 Å². The minimum absolute atomic E-state index is 0.0785. The quantitative estimate of drug-likeness (QED) is 0.741. The van der Waals surface area contributed by atoms with Crippen molar-refractivity contribution in [3.05, 3.63) is 57.8 Å². The van der Waals surface area contributed by atoms with Crippen molar-refractivity contribution < 1.29 is 9.59 Å². The first-order chi connectivity index (χ1) is 14.2. The third-order valence-electron chi connectivity index (χ3n) is 6.08. The number of rotatable bonds is 5. The van der Waals surface area contributed by atoms with Gasteiger partial charge in [-0.15, -0.1) is 11.3 Å². The van der Waals surface area contributed by atoms with Gasteiger partial charge >= 0.3 is 11.8 Å². The molecule has 0 bridgehead atoms. The van der Waals surface area contributed by atoms with Gasteiger partial charge in [0.2, 0.25) is 0 Å². The molecule has 29 heavy (non-hydrogen) atoms. The van der Waals surface area contributed by atoms with Gasteiger partial charge in [-0.2, -0.15) is 0 Å². The molecule has 1 aromatic carbocycles. The van der Waals surface area contributed by atoms with Crippen molar-refractivity contribution in [2.24, 2.45) is 0 Å². The average molecular weight is 412 g/mol. The molecule has 0 unspecified atom stereocenters. The van der Waals surface area contributed by atoms with E-state index < -0.39 is 11.8 Å². The molecule has 2 aliphatic rings. The summed E-state index contributed by atoms with van der Waals surface area (Å²) in [6.45, 7) is 2.26. The summed E-state index contributed by atoms with van der Waals surface area (Å²) in [5.74, 6) is -1.01. The minimum atomic E-state index is -0.519. The molecular formula is C23H29N3O2S. The first-order valence-corrected chi connectivity index (χ1v) is 11.5. The average Bonchev–Trinajstić information content (AvgIpc) is 3.29. The van der Waals surface area contributed by atoms with Crippen molar-refractivity contribution in [3.8, 4) is 0 Å². The molecule has 1 fully saturated rings. The third-order valence-corrected chi connectivity index (χ3v) is 7.05. The van der Waals surface area contributed by atoms with Crippen LogP contribution in [0.4, 0.5) is 0 Å². The topological polar surface area (TPSA) is 61.4 Å². The molecule has 1 aliphatic carbocycles. The highest BCUT2D eigenvalue weighted by atomic mass is 32.1. The lowest BCUT2D eigenvalue weighted by atomic mass is 9.95. The van der Waals surface area contributed by atoms with Gasteiger partial charge in [-0.25, -0.2) is 0 Å². The second kappa shape index (κ2) is 9.55. The highest BCUT2D eigenvalue weighted by Crippen LogP contribution is 2.30. The predicted octanol–water partition coefficient (Wildman–Crippen LogP) is 3.41. The molecule has 5 nitrogen and oxygen atoms in total. The summed E-state index contributed by atoms with van der Waals surface area (Å²) < 4.78 is 0. The molecule has 4 rings (SSSR count). The maximum Gasteiger partial charge on any atom is 0.309 e. The van der Waals surface area contributed by atoms with Gasteiger partial charge in [0.05, 0.1) is 6.04 Å². The van der Waals surface area contributed by atoms with Gasteiger partial charge in [0.15, 0.2) is 0 Å². The van der Waals surface area contributed by atoms with Gasteiger partial charge in [-0.1, -0.05) is 49.6 Å². The van der Waals surface area contributed by atoms with Gasteiger partial charge < -0.3 is 10.6 Å². The van der Waals surface area contributed by atoms with Crippen LogP contribution in [-0.4, -0.2) is 35.8 Å². The van der Waals surface area contributed by atoms with E-state index in [1.165, 1.54) is 22.4 Å². The Morgan fingerprint density at radius 1 is 1.03 bits per heavy atom. The van der Waals surface area contributed by atoms with Crippen molar-refractivity contribution in [1.82, 2.24) is 15.5 Å². The van der Waals surface area contributed by atoms with Crippen LogP contribution in [0.1, 0.15) is 54.1 Å². The maximum atomic E-state index is 12.4. The van der Waals surface area contributed by atoms with Crippen LogP contribution < -0.4 is 10.6 Å². The zero-order valence-electron chi connectivity index (χ0n) is 16.7. The highest BCUT2D eigenvalue weighted by Gasteiger charge is 2.27. The van der Waals surface area contributed by atoms with Crippen LogP contribution in [0, 0.1) is 0 Å². The lowest BCUT2D eigenvalue weighted by Gasteiger charge is -2.35. The second-order valence-corrected chi connectivity index (χ2v) is 9.02. The molecule has 2 N–H and O–H groups in total. The second-order valence-electron chi connectivity index (χ2n) is 8.04. The first kappa shape index (κ1) is 20.1. The summed E-state index contributed by atoms with van der Waals surface area (Å²) in [5.41, 5.74) is 2.76. The van der Waals surface area contributed by atoms with Crippen LogP contribution in [0.15, 0.2) is 41.8 Å². The summed E-state index contributed by atoms with van der Waals surface area (Å²) >= 11 is 1.70. The summed E-state index contributed by atoms with van der Waals surface area (Å²) in [4.78, 5) is 28.4. The molecule has 0 radical (unpaired) electrons. The molecule has 1 aromatic heterocycles. The number of thiophene rings is 1. The summed E-state index contributed by atoms with van der Waals surface area (Å²) in [7, 11) is 0. The minimum Gasteiger partial charge on any atom is -0.346 e. The van der Waals surface area contributed by atoms with Crippen LogP contribution in [0.2, 0.25) is 0 Å². The molecule has 2 aromatic rings. The van der Waals surface area contributed by atoms with Crippen LogP contribution in [0.25, 0.3) is 0 Å². The zero-order chi connectivity index (χ0) is 20.1. The Hall–Kier alpha value is -2.18. The summed E-state index contributed by atoms with van der Waals surface area (Å²) in [6, 6.07) is 12.9. The van der Waals surface area contributed by atoms with E-state index in [0.717, 1.165) is 45.2 Å². The Balaban J connectivity index is 1.38.